The summed E-state index contributed by atoms with van der Waals surface area (Å²) in [5, 5.41) is 4.75. The van der Waals surface area contributed by atoms with Crippen LogP contribution in [0.1, 0.15) is 0 Å². The number of hydrogen-bond acceptors (Lipinski definition) is 5. The van der Waals surface area contributed by atoms with Crippen molar-refractivity contribution in [2.45, 2.75) is 0 Å². The lowest BCUT2D eigenvalue weighted by molar-refractivity contribution is 0.671. The summed E-state index contributed by atoms with van der Waals surface area (Å²) in [6.45, 7) is 0. The molecule has 0 saturated carbocycles. The van der Waals surface area contributed by atoms with Gasteiger partial charge in [-0.15, -0.1) is 11.3 Å². The van der Waals surface area contributed by atoms with Crippen LogP contribution in [0.25, 0.3) is 98.5 Å². The Labute approximate surface area is 292 Å². The molecule has 0 bridgehead atoms. The third-order valence-electron chi connectivity index (χ3n) is 9.34. The predicted molar refractivity (Wildman–Crippen MR) is 207 cm³/mol. The average molecular weight is 658 g/mol. The van der Waals surface area contributed by atoms with Crippen LogP contribution in [0.3, 0.4) is 0 Å². The molecule has 0 radical (unpaired) electrons. The van der Waals surface area contributed by atoms with Gasteiger partial charge in [0.25, 0.3) is 0 Å². The molecule has 3 heterocycles. The molecular weight excluding hydrogens is 631 g/mol. The van der Waals surface area contributed by atoms with Gasteiger partial charge in [0.05, 0.1) is 0 Å². The highest BCUT2D eigenvalue weighted by molar-refractivity contribution is 7.25. The van der Waals surface area contributed by atoms with Crippen molar-refractivity contribution in [3.05, 3.63) is 164 Å². The molecule has 234 valence electrons. The van der Waals surface area contributed by atoms with Gasteiger partial charge in [0.2, 0.25) is 0 Å². The first-order valence-electron chi connectivity index (χ1n) is 16.6. The predicted octanol–water partition coefficient (Wildman–Crippen LogP) is 12.5. The molecule has 0 aliphatic rings. The average Bonchev–Trinajstić information content (AvgIpc) is 3.77. The van der Waals surface area contributed by atoms with E-state index in [0.29, 0.717) is 17.5 Å². The van der Waals surface area contributed by atoms with Crippen LogP contribution in [0.5, 0.6) is 0 Å². The fraction of sp³-hybridized carbons (Fsp3) is 0. The van der Waals surface area contributed by atoms with Crippen LogP contribution in [-0.2, 0) is 0 Å². The summed E-state index contributed by atoms with van der Waals surface area (Å²) < 4.78 is 9.46. The first-order valence-corrected chi connectivity index (χ1v) is 17.4. The lowest BCUT2D eigenvalue weighted by Crippen LogP contribution is -2.00. The smallest absolute Gasteiger partial charge is 0.164 e. The lowest BCUT2D eigenvalue weighted by atomic mass is 9.98. The second-order valence-electron chi connectivity index (χ2n) is 12.4. The number of nitrogens with zero attached hydrogens (tertiary/aromatic N) is 3. The highest BCUT2D eigenvalue weighted by Crippen LogP contribution is 2.42. The van der Waals surface area contributed by atoms with Crippen molar-refractivity contribution in [1.29, 1.82) is 0 Å². The Morgan fingerprint density at radius 1 is 0.340 bits per heavy atom. The Hall–Kier alpha value is -6.43. The lowest BCUT2D eigenvalue weighted by Gasteiger charge is -2.10. The molecule has 0 unspecified atom stereocenters. The first-order chi connectivity index (χ1) is 24.8. The molecule has 0 spiro atoms. The van der Waals surface area contributed by atoms with Gasteiger partial charge in [-0.05, 0) is 35.4 Å². The molecule has 50 heavy (non-hydrogen) atoms. The van der Waals surface area contributed by atoms with Crippen LogP contribution >= 0.6 is 11.3 Å². The Morgan fingerprint density at radius 2 is 0.820 bits per heavy atom. The van der Waals surface area contributed by atoms with Crippen LogP contribution in [0.4, 0.5) is 0 Å². The second-order valence-corrected chi connectivity index (χ2v) is 13.5. The molecule has 0 aliphatic carbocycles. The number of fused-ring (bicyclic) bond motifs is 6. The number of furan rings is 1. The highest BCUT2D eigenvalue weighted by Gasteiger charge is 2.18. The molecular formula is C45H27N3OS. The van der Waals surface area contributed by atoms with Gasteiger partial charge in [0, 0.05) is 58.8 Å². The van der Waals surface area contributed by atoms with Crippen molar-refractivity contribution in [1.82, 2.24) is 15.0 Å². The Kier molecular flexibility index (Phi) is 6.64. The maximum atomic E-state index is 6.87. The minimum Gasteiger partial charge on any atom is -0.455 e. The minimum absolute atomic E-state index is 0.620. The molecule has 10 aromatic rings. The Balaban J connectivity index is 1.11. The number of benzene rings is 7. The van der Waals surface area contributed by atoms with E-state index in [1.54, 1.807) is 0 Å². The molecule has 3 aromatic heterocycles. The first kappa shape index (κ1) is 28.6. The topological polar surface area (TPSA) is 51.8 Å². The zero-order chi connectivity index (χ0) is 33.0. The van der Waals surface area contributed by atoms with Crippen LogP contribution in [0.15, 0.2) is 168 Å². The van der Waals surface area contributed by atoms with Gasteiger partial charge >= 0.3 is 0 Å². The highest BCUT2D eigenvalue weighted by atomic mass is 32.1. The van der Waals surface area contributed by atoms with E-state index in [1.807, 2.05) is 72.0 Å². The van der Waals surface area contributed by atoms with Crippen molar-refractivity contribution in [2.75, 3.05) is 0 Å². The zero-order valence-electron chi connectivity index (χ0n) is 26.7. The number of aromatic nitrogens is 3. The number of rotatable bonds is 5. The summed E-state index contributed by atoms with van der Waals surface area (Å²) in [4.78, 5) is 14.8. The van der Waals surface area contributed by atoms with Crippen LogP contribution in [-0.4, -0.2) is 15.0 Å². The zero-order valence-corrected chi connectivity index (χ0v) is 27.6. The molecule has 0 atom stereocenters. The van der Waals surface area contributed by atoms with Crippen molar-refractivity contribution >= 4 is 53.4 Å². The van der Waals surface area contributed by atoms with Gasteiger partial charge in [-0.2, -0.15) is 0 Å². The Morgan fingerprint density at radius 3 is 1.48 bits per heavy atom. The van der Waals surface area contributed by atoms with Crippen molar-refractivity contribution in [3.8, 4) is 56.4 Å². The van der Waals surface area contributed by atoms with Gasteiger partial charge in [-0.1, -0.05) is 140 Å². The summed E-state index contributed by atoms with van der Waals surface area (Å²) in [6, 6.07) is 56.8. The van der Waals surface area contributed by atoms with Gasteiger partial charge in [0.15, 0.2) is 17.5 Å². The monoisotopic (exact) mass is 657 g/mol. The third kappa shape index (κ3) is 4.79. The third-order valence-corrected chi connectivity index (χ3v) is 10.5. The SMILES string of the molecule is c1ccc(-c2nc(-c3ccccc3)nc(-c3cccc(-c4cccc5c4oc4c(-c6ccc7sc8ccccc8c7c6)cccc45)c3)n2)cc1. The quantitative estimate of drug-likeness (QED) is 0.185. The van der Waals surface area contributed by atoms with Crippen molar-refractivity contribution < 1.29 is 4.42 Å². The van der Waals surface area contributed by atoms with Gasteiger partial charge < -0.3 is 4.42 Å². The second kappa shape index (κ2) is 11.6. The fourth-order valence-electron chi connectivity index (χ4n) is 6.93. The number of hydrogen-bond donors (Lipinski definition) is 0. The summed E-state index contributed by atoms with van der Waals surface area (Å²) >= 11 is 1.84. The van der Waals surface area contributed by atoms with E-state index in [1.165, 1.54) is 20.2 Å². The van der Waals surface area contributed by atoms with E-state index in [4.69, 9.17) is 19.4 Å². The van der Waals surface area contributed by atoms with E-state index in [2.05, 4.69) is 103 Å². The fourth-order valence-corrected chi connectivity index (χ4v) is 8.02. The normalized spacial score (nSPS) is 11.6. The summed E-state index contributed by atoms with van der Waals surface area (Å²) in [6.07, 6.45) is 0. The summed E-state index contributed by atoms with van der Waals surface area (Å²) in [7, 11) is 0. The van der Waals surface area contributed by atoms with E-state index < -0.39 is 0 Å². The van der Waals surface area contributed by atoms with E-state index in [9.17, 15) is 0 Å². The van der Waals surface area contributed by atoms with Crippen molar-refractivity contribution in [3.63, 3.8) is 0 Å². The molecule has 10 rings (SSSR count). The van der Waals surface area contributed by atoms with Crippen LogP contribution < -0.4 is 0 Å². The molecule has 0 amide bonds. The van der Waals surface area contributed by atoms with E-state index in [0.717, 1.165) is 60.9 Å². The largest absolute Gasteiger partial charge is 0.455 e. The number of thiophene rings is 1. The molecule has 0 N–H and O–H groups in total. The van der Waals surface area contributed by atoms with Crippen LogP contribution in [0, 0.1) is 0 Å². The molecule has 4 nitrogen and oxygen atoms in total. The minimum atomic E-state index is 0.620. The van der Waals surface area contributed by atoms with Crippen LogP contribution in [0.2, 0.25) is 0 Å². The molecule has 0 saturated heterocycles. The standard InChI is InChI=1S/C45H27N3OS/c1-3-12-28(13-4-1)43-46-44(29-14-5-2-6-15-29)48-45(47-43)32-17-9-16-30(26-32)33-19-10-21-36-37-22-11-20-34(42(37)49-41(33)36)31-24-25-40-38(27-31)35-18-7-8-23-39(35)50-40/h1-27H. The number of para-hydroxylation sites is 2. The van der Waals surface area contributed by atoms with Gasteiger partial charge in [-0.3, -0.25) is 0 Å². The van der Waals surface area contributed by atoms with E-state index in [-0.39, 0.29) is 0 Å². The molecule has 5 heteroatoms. The summed E-state index contributed by atoms with van der Waals surface area (Å²) in [5.74, 6) is 1.90. The van der Waals surface area contributed by atoms with E-state index >= 15 is 0 Å². The van der Waals surface area contributed by atoms with Crippen molar-refractivity contribution in [2.24, 2.45) is 0 Å². The Bertz CT molecular complexity index is 2820. The maximum Gasteiger partial charge on any atom is 0.164 e. The van der Waals surface area contributed by atoms with Gasteiger partial charge in [0.1, 0.15) is 11.2 Å². The summed E-state index contributed by atoms with van der Waals surface area (Å²) in [5.41, 5.74) is 8.83. The molecule has 0 aliphatic heterocycles. The molecule has 0 fully saturated rings. The molecule has 7 aromatic carbocycles. The van der Waals surface area contributed by atoms with Gasteiger partial charge in [-0.25, -0.2) is 15.0 Å². The maximum absolute atomic E-state index is 6.87.